The number of benzene rings is 1. The average Bonchev–Trinajstić information content (AvgIpc) is 3.04. The third-order valence-corrected chi connectivity index (χ3v) is 5.44. The smallest absolute Gasteiger partial charge is 0.324 e. The number of nitrogens with zero attached hydrogens (tertiary/aromatic N) is 3. The van der Waals surface area contributed by atoms with Crippen LogP contribution in [0.1, 0.15) is 53.6 Å². The molecular weight excluding hydrogens is 342 g/mol. The minimum atomic E-state index is -0.365. The van der Waals surface area contributed by atoms with Crippen LogP contribution in [0.5, 0.6) is 0 Å². The summed E-state index contributed by atoms with van der Waals surface area (Å²) < 4.78 is 2.63. The van der Waals surface area contributed by atoms with E-state index in [1.54, 1.807) is 7.05 Å². The fourth-order valence-corrected chi connectivity index (χ4v) is 3.83. The second-order valence-electron chi connectivity index (χ2n) is 7.46. The topological polar surface area (TPSA) is 84.7 Å². The van der Waals surface area contributed by atoms with Crippen LogP contribution in [0.3, 0.4) is 0 Å². The summed E-state index contributed by atoms with van der Waals surface area (Å²) in [6, 6.07) is 8.33. The number of nitrogens with one attached hydrogen (secondary N) is 2. The van der Waals surface area contributed by atoms with E-state index in [1.165, 1.54) is 17.2 Å². The van der Waals surface area contributed by atoms with Crippen LogP contribution in [0.25, 0.3) is 0 Å². The molecule has 0 amide bonds. The first-order valence-electron chi connectivity index (χ1n) is 9.03. The lowest BCUT2D eigenvalue weighted by Crippen LogP contribution is -2.42. The summed E-state index contributed by atoms with van der Waals surface area (Å²) in [5.41, 5.74) is 4.00. The second-order valence-corrected chi connectivity index (χ2v) is 7.46. The molecule has 3 aromatic rings. The Balaban J connectivity index is 2.03. The Labute approximate surface area is 156 Å². The zero-order valence-electron chi connectivity index (χ0n) is 16.1. The predicted molar refractivity (Wildman–Crippen MR) is 105 cm³/mol. The van der Waals surface area contributed by atoms with Crippen molar-refractivity contribution < 1.29 is 0 Å². The number of rotatable bonds is 2. The van der Waals surface area contributed by atoms with Gasteiger partial charge in [-0.1, -0.05) is 38.1 Å². The number of aromatic nitrogens is 4. The third-order valence-electron chi connectivity index (χ3n) is 5.44. The van der Waals surface area contributed by atoms with Gasteiger partial charge in [-0.15, -0.1) is 0 Å². The standard InChI is InChI=1S/C20H23N5O2/c1-10(2)12-6-8-13(9-7-12)15-14-11(3)22-23-17(14)21-18-16(15)19(26)25(5)20(27)24(18)4/h6-10,15H,1-5H3,(H2,21,22,23). The van der Waals surface area contributed by atoms with Crippen LogP contribution < -0.4 is 16.6 Å². The largest absolute Gasteiger partial charge is 0.332 e. The van der Waals surface area contributed by atoms with Gasteiger partial charge in [-0.25, -0.2) is 4.79 Å². The van der Waals surface area contributed by atoms with E-state index in [1.807, 2.05) is 6.92 Å². The number of H-pyrrole nitrogens is 1. The van der Waals surface area contributed by atoms with Gasteiger partial charge in [0.05, 0.1) is 5.56 Å². The lowest BCUT2D eigenvalue weighted by atomic mass is 9.82. The van der Waals surface area contributed by atoms with Crippen LogP contribution in [0, 0.1) is 6.92 Å². The molecule has 1 aromatic carbocycles. The summed E-state index contributed by atoms with van der Waals surface area (Å²) in [6.45, 7) is 6.25. The summed E-state index contributed by atoms with van der Waals surface area (Å²) in [4.78, 5) is 25.5. The lowest BCUT2D eigenvalue weighted by Gasteiger charge is -2.28. The molecule has 27 heavy (non-hydrogen) atoms. The van der Waals surface area contributed by atoms with E-state index < -0.39 is 0 Å². The highest BCUT2D eigenvalue weighted by Crippen LogP contribution is 2.43. The molecule has 140 valence electrons. The SMILES string of the molecule is Cc1[nH]nc2c1C(c1ccc(C(C)C)cc1)c1c(n(C)c(=O)n(C)c1=O)N2. The van der Waals surface area contributed by atoms with Crippen molar-refractivity contribution >= 4 is 11.6 Å². The van der Waals surface area contributed by atoms with Gasteiger partial charge in [0.25, 0.3) is 5.56 Å². The number of aryl methyl sites for hydroxylation is 1. The summed E-state index contributed by atoms with van der Waals surface area (Å²) in [5.74, 6) is 1.29. The molecule has 2 aromatic heterocycles. The lowest BCUT2D eigenvalue weighted by molar-refractivity contribution is 0.667. The molecule has 0 spiro atoms. The Morgan fingerprint density at radius 3 is 2.33 bits per heavy atom. The van der Waals surface area contributed by atoms with Crippen molar-refractivity contribution in [2.45, 2.75) is 32.6 Å². The van der Waals surface area contributed by atoms with E-state index in [0.29, 0.717) is 23.1 Å². The first kappa shape index (κ1) is 17.3. The number of hydrogen-bond donors (Lipinski definition) is 2. The Hall–Kier alpha value is -3.09. The molecule has 1 unspecified atom stereocenters. The molecule has 3 heterocycles. The van der Waals surface area contributed by atoms with Gasteiger partial charge in [0.1, 0.15) is 5.82 Å². The highest BCUT2D eigenvalue weighted by molar-refractivity contribution is 5.71. The van der Waals surface area contributed by atoms with Crippen LogP contribution in [0.4, 0.5) is 11.6 Å². The van der Waals surface area contributed by atoms with Crippen molar-refractivity contribution in [3.8, 4) is 0 Å². The quantitative estimate of drug-likeness (QED) is 0.571. The molecule has 7 nitrogen and oxygen atoms in total. The average molecular weight is 365 g/mol. The summed E-state index contributed by atoms with van der Waals surface area (Å²) in [6.07, 6.45) is 0. The van der Waals surface area contributed by atoms with E-state index in [2.05, 4.69) is 53.6 Å². The molecule has 0 fully saturated rings. The molecular formula is C20H23N5O2. The fourth-order valence-electron chi connectivity index (χ4n) is 3.83. The van der Waals surface area contributed by atoms with Gasteiger partial charge in [0.15, 0.2) is 5.82 Å². The number of hydrogen-bond acceptors (Lipinski definition) is 4. The van der Waals surface area contributed by atoms with Crippen molar-refractivity contribution in [1.82, 2.24) is 19.3 Å². The molecule has 2 N–H and O–H groups in total. The highest BCUT2D eigenvalue weighted by atomic mass is 16.2. The summed E-state index contributed by atoms with van der Waals surface area (Å²) in [7, 11) is 3.18. The van der Waals surface area contributed by atoms with Crippen LogP contribution >= 0.6 is 0 Å². The first-order valence-corrected chi connectivity index (χ1v) is 9.03. The molecule has 0 bridgehead atoms. The molecule has 0 aliphatic carbocycles. The van der Waals surface area contributed by atoms with E-state index in [0.717, 1.165) is 21.4 Å². The molecule has 0 saturated heterocycles. The number of anilines is 2. The predicted octanol–water partition coefficient (Wildman–Crippen LogP) is 2.48. The van der Waals surface area contributed by atoms with E-state index in [4.69, 9.17) is 0 Å². The van der Waals surface area contributed by atoms with Crippen molar-refractivity contribution in [3.05, 3.63) is 73.1 Å². The Morgan fingerprint density at radius 1 is 1.04 bits per heavy atom. The number of fused-ring (bicyclic) bond motifs is 2. The van der Waals surface area contributed by atoms with Gasteiger partial charge < -0.3 is 5.32 Å². The van der Waals surface area contributed by atoms with E-state index >= 15 is 0 Å². The maximum absolute atomic E-state index is 13.1. The van der Waals surface area contributed by atoms with Crippen molar-refractivity contribution in [3.63, 3.8) is 0 Å². The first-order chi connectivity index (χ1) is 12.8. The Kier molecular flexibility index (Phi) is 3.83. The van der Waals surface area contributed by atoms with Gasteiger partial charge in [-0.3, -0.25) is 19.0 Å². The van der Waals surface area contributed by atoms with Crippen LogP contribution in [0.15, 0.2) is 33.9 Å². The zero-order valence-corrected chi connectivity index (χ0v) is 16.1. The van der Waals surface area contributed by atoms with Crippen molar-refractivity contribution in [1.29, 1.82) is 0 Å². The fraction of sp³-hybridized carbons (Fsp3) is 0.350. The monoisotopic (exact) mass is 365 g/mol. The minimum Gasteiger partial charge on any atom is -0.324 e. The van der Waals surface area contributed by atoms with Crippen LogP contribution in [-0.2, 0) is 14.1 Å². The molecule has 1 aliphatic rings. The van der Waals surface area contributed by atoms with E-state index in [-0.39, 0.29) is 17.2 Å². The highest BCUT2D eigenvalue weighted by Gasteiger charge is 2.35. The molecule has 1 atom stereocenters. The maximum Gasteiger partial charge on any atom is 0.332 e. The van der Waals surface area contributed by atoms with Crippen LogP contribution in [-0.4, -0.2) is 19.3 Å². The third kappa shape index (κ3) is 2.45. The second kappa shape index (κ2) is 5.97. The van der Waals surface area contributed by atoms with Crippen molar-refractivity contribution in [2.75, 3.05) is 5.32 Å². The normalized spacial score (nSPS) is 15.4. The minimum absolute atomic E-state index is 0.287. The molecule has 7 heteroatoms. The Morgan fingerprint density at radius 2 is 1.70 bits per heavy atom. The van der Waals surface area contributed by atoms with Gasteiger partial charge in [0.2, 0.25) is 0 Å². The molecule has 4 rings (SSSR count). The maximum atomic E-state index is 13.1. The van der Waals surface area contributed by atoms with Gasteiger partial charge >= 0.3 is 5.69 Å². The Bertz CT molecular complexity index is 1150. The van der Waals surface area contributed by atoms with Gasteiger partial charge in [0, 0.05) is 31.3 Å². The summed E-state index contributed by atoms with van der Waals surface area (Å²) >= 11 is 0. The zero-order chi connectivity index (χ0) is 19.5. The van der Waals surface area contributed by atoms with E-state index in [9.17, 15) is 9.59 Å². The van der Waals surface area contributed by atoms with Crippen LogP contribution in [0.2, 0.25) is 0 Å². The summed E-state index contributed by atoms with van der Waals surface area (Å²) in [5, 5.41) is 10.5. The molecule has 0 saturated carbocycles. The molecule has 1 aliphatic heterocycles. The molecule has 0 radical (unpaired) electrons. The van der Waals surface area contributed by atoms with Crippen molar-refractivity contribution in [2.24, 2.45) is 14.1 Å². The van der Waals surface area contributed by atoms with Gasteiger partial charge in [-0.05, 0) is 24.0 Å². The number of aromatic amines is 1. The van der Waals surface area contributed by atoms with Gasteiger partial charge in [-0.2, -0.15) is 5.10 Å².